The molecule has 2 unspecified atom stereocenters. The first-order chi connectivity index (χ1) is 9.47. The van der Waals surface area contributed by atoms with Gasteiger partial charge < -0.3 is 19.9 Å². The van der Waals surface area contributed by atoms with Crippen LogP contribution in [0.4, 0.5) is 0 Å². The number of nitrogens with one attached hydrogen (secondary N) is 1. The van der Waals surface area contributed by atoms with Crippen LogP contribution in [0, 0.1) is 0 Å². The minimum Gasteiger partial charge on any atom is -0.493 e. The van der Waals surface area contributed by atoms with Crippen molar-refractivity contribution in [2.75, 3.05) is 20.8 Å². The van der Waals surface area contributed by atoms with E-state index in [2.05, 4.69) is 12.2 Å². The first-order valence-corrected chi connectivity index (χ1v) is 7.15. The molecule has 0 aliphatic heterocycles. The first-order valence-electron chi connectivity index (χ1n) is 7.15. The summed E-state index contributed by atoms with van der Waals surface area (Å²) in [6, 6.07) is 6.12. The smallest absolute Gasteiger partial charge is 0.161 e. The van der Waals surface area contributed by atoms with Gasteiger partial charge in [-0.15, -0.1) is 0 Å². The predicted molar refractivity (Wildman–Crippen MR) is 81.5 cm³/mol. The largest absolute Gasteiger partial charge is 0.493 e. The Morgan fingerprint density at radius 1 is 1.20 bits per heavy atom. The topological polar surface area (TPSA) is 50.7 Å². The Morgan fingerprint density at radius 2 is 1.85 bits per heavy atom. The predicted octanol–water partition coefficient (Wildman–Crippen LogP) is 2.91. The summed E-state index contributed by atoms with van der Waals surface area (Å²) < 4.78 is 10.6. The van der Waals surface area contributed by atoms with Crippen molar-refractivity contribution in [3.05, 3.63) is 23.8 Å². The van der Waals surface area contributed by atoms with Gasteiger partial charge in [0.2, 0.25) is 0 Å². The molecule has 0 aliphatic carbocycles. The molecule has 1 rings (SSSR count). The molecule has 0 aliphatic rings. The molecule has 2 N–H and O–H groups in total. The van der Waals surface area contributed by atoms with Crippen LogP contribution in [0.25, 0.3) is 0 Å². The highest BCUT2D eigenvalue weighted by atomic mass is 16.5. The SMILES string of the molecule is CCC(NCC(C)(O)CC)c1ccc(OC)c(OC)c1. The van der Waals surface area contributed by atoms with Crippen LogP contribution in [0.15, 0.2) is 18.2 Å². The van der Waals surface area contributed by atoms with Gasteiger partial charge in [-0.25, -0.2) is 0 Å². The van der Waals surface area contributed by atoms with E-state index in [0.29, 0.717) is 6.54 Å². The van der Waals surface area contributed by atoms with E-state index in [-0.39, 0.29) is 6.04 Å². The Labute approximate surface area is 122 Å². The Hall–Kier alpha value is -1.26. The number of ether oxygens (including phenoxy) is 2. The zero-order chi connectivity index (χ0) is 15.2. The summed E-state index contributed by atoms with van der Waals surface area (Å²) >= 11 is 0. The monoisotopic (exact) mass is 281 g/mol. The number of hydrogen-bond donors (Lipinski definition) is 2. The fraction of sp³-hybridized carbons (Fsp3) is 0.625. The lowest BCUT2D eigenvalue weighted by Gasteiger charge is -2.26. The van der Waals surface area contributed by atoms with Gasteiger partial charge in [-0.3, -0.25) is 0 Å². The molecule has 114 valence electrons. The van der Waals surface area contributed by atoms with Crippen LogP contribution in [0.5, 0.6) is 11.5 Å². The van der Waals surface area contributed by atoms with Gasteiger partial charge in [-0.2, -0.15) is 0 Å². The van der Waals surface area contributed by atoms with Crippen LogP contribution in [0.2, 0.25) is 0 Å². The quantitative estimate of drug-likeness (QED) is 0.769. The molecule has 0 bridgehead atoms. The van der Waals surface area contributed by atoms with Crippen molar-refractivity contribution in [1.82, 2.24) is 5.32 Å². The summed E-state index contributed by atoms with van der Waals surface area (Å²) in [4.78, 5) is 0. The third-order valence-electron chi connectivity index (χ3n) is 3.71. The third-order valence-corrected chi connectivity index (χ3v) is 3.71. The summed E-state index contributed by atoms with van der Waals surface area (Å²) in [5.74, 6) is 1.46. The second kappa shape index (κ2) is 7.50. The molecule has 0 saturated carbocycles. The van der Waals surface area contributed by atoms with Gasteiger partial charge in [-0.1, -0.05) is 19.9 Å². The maximum Gasteiger partial charge on any atom is 0.161 e. The molecule has 0 fully saturated rings. The molecule has 2 atom stereocenters. The minimum absolute atomic E-state index is 0.188. The minimum atomic E-state index is -0.677. The van der Waals surface area contributed by atoms with Crippen molar-refractivity contribution in [1.29, 1.82) is 0 Å². The van der Waals surface area contributed by atoms with E-state index >= 15 is 0 Å². The summed E-state index contributed by atoms with van der Waals surface area (Å²) in [5.41, 5.74) is 0.460. The fourth-order valence-electron chi connectivity index (χ4n) is 2.04. The molecule has 0 aromatic heterocycles. The van der Waals surface area contributed by atoms with Gasteiger partial charge in [-0.05, 0) is 37.5 Å². The fourth-order valence-corrected chi connectivity index (χ4v) is 2.04. The highest BCUT2D eigenvalue weighted by Gasteiger charge is 2.20. The molecule has 4 heteroatoms. The van der Waals surface area contributed by atoms with Crippen molar-refractivity contribution in [3.63, 3.8) is 0 Å². The highest BCUT2D eigenvalue weighted by molar-refractivity contribution is 5.43. The van der Waals surface area contributed by atoms with Crippen molar-refractivity contribution in [2.24, 2.45) is 0 Å². The maximum atomic E-state index is 10.1. The standard InChI is InChI=1S/C16H27NO3/c1-6-13(17-11-16(3,18)7-2)12-8-9-14(19-4)15(10-12)20-5/h8-10,13,17-18H,6-7,11H2,1-5H3. The van der Waals surface area contributed by atoms with E-state index < -0.39 is 5.60 Å². The molecule has 0 saturated heterocycles. The van der Waals surface area contributed by atoms with Gasteiger partial charge in [0.25, 0.3) is 0 Å². The van der Waals surface area contributed by atoms with Crippen molar-refractivity contribution < 1.29 is 14.6 Å². The Morgan fingerprint density at radius 3 is 2.35 bits per heavy atom. The van der Waals surface area contributed by atoms with Gasteiger partial charge in [0, 0.05) is 12.6 Å². The summed E-state index contributed by atoms with van der Waals surface area (Å²) in [7, 11) is 3.27. The molecular formula is C16H27NO3. The number of rotatable bonds is 8. The van der Waals surface area contributed by atoms with Gasteiger partial charge in [0.15, 0.2) is 11.5 Å². The number of methoxy groups -OCH3 is 2. The molecule has 0 radical (unpaired) electrons. The van der Waals surface area contributed by atoms with Crippen molar-refractivity contribution >= 4 is 0 Å². The lowest BCUT2D eigenvalue weighted by Crippen LogP contribution is -2.38. The Balaban J connectivity index is 2.84. The van der Waals surface area contributed by atoms with Crippen LogP contribution >= 0.6 is 0 Å². The zero-order valence-electron chi connectivity index (χ0n) is 13.2. The Bertz CT molecular complexity index is 418. The van der Waals surface area contributed by atoms with Gasteiger partial charge >= 0.3 is 0 Å². The van der Waals surface area contributed by atoms with Gasteiger partial charge in [0.05, 0.1) is 19.8 Å². The molecule has 0 spiro atoms. The molecule has 0 amide bonds. The average Bonchev–Trinajstić information content (AvgIpc) is 2.47. The highest BCUT2D eigenvalue weighted by Crippen LogP contribution is 2.31. The Kier molecular flexibility index (Phi) is 6.30. The van der Waals surface area contributed by atoms with Crippen LogP contribution in [-0.2, 0) is 0 Å². The molecule has 0 heterocycles. The summed E-state index contributed by atoms with van der Waals surface area (Å²) in [6.07, 6.45) is 1.66. The van der Waals surface area contributed by atoms with Crippen LogP contribution in [0.3, 0.4) is 0 Å². The molecule has 4 nitrogen and oxygen atoms in total. The number of hydrogen-bond acceptors (Lipinski definition) is 4. The zero-order valence-corrected chi connectivity index (χ0v) is 13.2. The van der Waals surface area contributed by atoms with E-state index in [1.165, 1.54) is 0 Å². The van der Waals surface area contributed by atoms with E-state index in [9.17, 15) is 5.11 Å². The lowest BCUT2D eigenvalue weighted by molar-refractivity contribution is 0.0526. The second-order valence-corrected chi connectivity index (χ2v) is 5.31. The van der Waals surface area contributed by atoms with Crippen molar-refractivity contribution in [2.45, 2.75) is 45.3 Å². The van der Waals surface area contributed by atoms with E-state index in [4.69, 9.17) is 9.47 Å². The summed E-state index contributed by atoms with van der Waals surface area (Å²) in [5, 5.41) is 13.5. The molecule has 1 aromatic rings. The number of benzene rings is 1. The molecule has 1 aromatic carbocycles. The number of aliphatic hydroxyl groups is 1. The van der Waals surface area contributed by atoms with Crippen LogP contribution < -0.4 is 14.8 Å². The van der Waals surface area contributed by atoms with Crippen molar-refractivity contribution in [3.8, 4) is 11.5 Å². The third kappa shape index (κ3) is 4.39. The average molecular weight is 281 g/mol. The van der Waals surface area contributed by atoms with Crippen LogP contribution in [-0.4, -0.2) is 31.5 Å². The lowest BCUT2D eigenvalue weighted by atomic mass is 10.00. The summed E-state index contributed by atoms with van der Waals surface area (Å²) in [6.45, 7) is 6.52. The molecule has 20 heavy (non-hydrogen) atoms. The van der Waals surface area contributed by atoms with E-state index in [0.717, 1.165) is 29.9 Å². The normalized spacial score (nSPS) is 15.5. The van der Waals surface area contributed by atoms with E-state index in [1.54, 1.807) is 14.2 Å². The first kappa shape index (κ1) is 16.8. The van der Waals surface area contributed by atoms with Gasteiger partial charge in [0.1, 0.15) is 0 Å². The second-order valence-electron chi connectivity index (χ2n) is 5.31. The molecular weight excluding hydrogens is 254 g/mol. The van der Waals surface area contributed by atoms with Crippen LogP contribution in [0.1, 0.15) is 45.2 Å². The van der Waals surface area contributed by atoms with E-state index in [1.807, 2.05) is 32.0 Å². The maximum absolute atomic E-state index is 10.1.